The number of rotatable bonds is 4. The second-order valence-corrected chi connectivity index (χ2v) is 7.22. The van der Waals surface area contributed by atoms with E-state index in [2.05, 4.69) is 53.3 Å². The number of para-hydroxylation sites is 2. The van der Waals surface area contributed by atoms with Gasteiger partial charge in [-0.05, 0) is 37.6 Å². The van der Waals surface area contributed by atoms with E-state index < -0.39 is 0 Å². The minimum atomic E-state index is 0.187. The summed E-state index contributed by atoms with van der Waals surface area (Å²) in [6, 6.07) is 16.5. The summed E-state index contributed by atoms with van der Waals surface area (Å²) in [6.07, 6.45) is 0.446. The van der Waals surface area contributed by atoms with Gasteiger partial charge in [-0.2, -0.15) is 0 Å². The molecule has 2 aromatic carbocycles. The zero-order valence-electron chi connectivity index (χ0n) is 15.9. The van der Waals surface area contributed by atoms with Crippen molar-refractivity contribution in [3.8, 4) is 0 Å². The summed E-state index contributed by atoms with van der Waals surface area (Å²) >= 11 is 0. The summed E-state index contributed by atoms with van der Waals surface area (Å²) in [6.45, 7) is 7.32. The molecular formula is C21H25N5O. The van der Waals surface area contributed by atoms with E-state index in [1.165, 1.54) is 11.3 Å². The highest BCUT2D eigenvalue weighted by Gasteiger charge is 2.27. The maximum absolute atomic E-state index is 12.8. The van der Waals surface area contributed by atoms with Crippen LogP contribution < -0.4 is 4.90 Å². The molecule has 1 aliphatic heterocycles. The van der Waals surface area contributed by atoms with Gasteiger partial charge < -0.3 is 9.80 Å². The molecule has 0 N–H and O–H groups in total. The number of carbonyl (C=O) groups excluding carboxylic acids is 1. The Morgan fingerprint density at radius 2 is 1.89 bits per heavy atom. The first-order chi connectivity index (χ1) is 13.1. The Labute approximate surface area is 159 Å². The van der Waals surface area contributed by atoms with Gasteiger partial charge in [-0.3, -0.25) is 4.79 Å². The summed E-state index contributed by atoms with van der Waals surface area (Å²) in [5.41, 5.74) is 4.39. The van der Waals surface area contributed by atoms with Crippen molar-refractivity contribution in [2.24, 2.45) is 0 Å². The van der Waals surface area contributed by atoms with Crippen molar-refractivity contribution in [2.45, 2.75) is 32.9 Å². The Morgan fingerprint density at radius 3 is 2.70 bits per heavy atom. The molecule has 6 nitrogen and oxygen atoms in total. The van der Waals surface area contributed by atoms with Crippen LogP contribution in [-0.2, 0) is 11.3 Å². The van der Waals surface area contributed by atoms with E-state index in [1.54, 1.807) is 0 Å². The largest absolute Gasteiger partial charge is 0.367 e. The van der Waals surface area contributed by atoms with Gasteiger partial charge in [0.25, 0.3) is 0 Å². The van der Waals surface area contributed by atoms with E-state index in [1.807, 2.05) is 33.8 Å². The van der Waals surface area contributed by atoms with Gasteiger partial charge in [0.2, 0.25) is 5.91 Å². The van der Waals surface area contributed by atoms with E-state index >= 15 is 0 Å². The number of hydrogen-bond acceptors (Lipinski definition) is 4. The lowest BCUT2D eigenvalue weighted by Crippen LogP contribution is -2.54. The van der Waals surface area contributed by atoms with E-state index in [-0.39, 0.29) is 11.9 Å². The topological polar surface area (TPSA) is 54.3 Å². The van der Waals surface area contributed by atoms with Gasteiger partial charge in [0.1, 0.15) is 5.52 Å². The lowest BCUT2D eigenvalue weighted by Gasteiger charge is -2.41. The molecule has 1 aliphatic rings. The van der Waals surface area contributed by atoms with Gasteiger partial charge in [0.15, 0.2) is 0 Å². The maximum atomic E-state index is 12.8. The Hall–Kier alpha value is -2.89. The summed E-state index contributed by atoms with van der Waals surface area (Å²) in [5.74, 6) is 0.187. The van der Waals surface area contributed by atoms with Crippen molar-refractivity contribution in [1.29, 1.82) is 0 Å². The minimum absolute atomic E-state index is 0.187. The average molecular weight is 363 g/mol. The standard InChI is InChI=1S/C21H25N5O/c1-16-7-3-5-9-19(16)24-13-14-25(17(2)15-24)21(27)11-12-26-20-10-6-4-8-18(20)22-23-26/h3-10,17H,11-15H2,1-2H3/t17-/m0/s1. The molecule has 0 bridgehead atoms. The van der Waals surface area contributed by atoms with Crippen molar-refractivity contribution in [3.05, 3.63) is 54.1 Å². The molecule has 0 aliphatic carbocycles. The number of anilines is 1. The van der Waals surface area contributed by atoms with Crippen LogP contribution in [0.3, 0.4) is 0 Å². The van der Waals surface area contributed by atoms with Crippen LogP contribution >= 0.6 is 0 Å². The molecule has 0 saturated carbocycles. The number of aromatic nitrogens is 3. The first-order valence-electron chi connectivity index (χ1n) is 9.52. The Balaban J connectivity index is 1.38. The number of benzene rings is 2. The molecule has 4 rings (SSSR count). The molecule has 2 heterocycles. The first-order valence-corrected chi connectivity index (χ1v) is 9.52. The molecular weight excluding hydrogens is 338 g/mol. The van der Waals surface area contributed by atoms with Crippen molar-refractivity contribution >= 4 is 22.6 Å². The van der Waals surface area contributed by atoms with Crippen molar-refractivity contribution in [2.75, 3.05) is 24.5 Å². The number of hydrogen-bond donors (Lipinski definition) is 0. The third-order valence-corrected chi connectivity index (χ3v) is 5.36. The highest BCUT2D eigenvalue weighted by molar-refractivity contribution is 5.78. The summed E-state index contributed by atoms with van der Waals surface area (Å²) in [4.78, 5) is 17.2. The van der Waals surface area contributed by atoms with Gasteiger partial charge in [-0.25, -0.2) is 4.68 Å². The molecule has 3 aromatic rings. The number of nitrogens with zero attached hydrogens (tertiary/aromatic N) is 5. The lowest BCUT2D eigenvalue weighted by molar-refractivity contribution is -0.133. The maximum Gasteiger partial charge on any atom is 0.224 e. The third kappa shape index (κ3) is 3.52. The van der Waals surface area contributed by atoms with E-state index in [0.29, 0.717) is 13.0 Å². The monoisotopic (exact) mass is 363 g/mol. The number of piperazine rings is 1. The number of carbonyl (C=O) groups is 1. The Bertz CT molecular complexity index is 950. The Morgan fingerprint density at radius 1 is 1.11 bits per heavy atom. The Kier molecular flexibility index (Phi) is 4.79. The molecule has 1 fully saturated rings. The molecule has 1 amide bonds. The van der Waals surface area contributed by atoms with Crippen LogP contribution in [0.1, 0.15) is 18.9 Å². The zero-order valence-corrected chi connectivity index (χ0v) is 15.9. The normalized spacial score (nSPS) is 17.5. The highest BCUT2D eigenvalue weighted by atomic mass is 16.2. The third-order valence-electron chi connectivity index (χ3n) is 5.36. The van der Waals surface area contributed by atoms with E-state index in [0.717, 1.165) is 30.7 Å². The van der Waals surface area contributed by atoms with Gasteiger partial charge >= 0.3 is 0 Å². The number of aryl methyl sites for hydroxylation is 2. The van der Waals surface area contributed by atoms with Gasteiger partial charge in [0, 0.05) is 37.8 Å². The number of amides is 1. The van der Waals surface area contributed by atoms with Crippen LogP contribution in [0, 0.1) is 6.92 Å². The molecule has 1 aromatic heterocycles. The second-order valence-electron chi connectivity index (χ2n) is 7.22. The van der Waals surface area contributed by atoms with Crippen LogP contribution in [0.25, 0.3) is 11.0 Å². The van der Waals surface area contributed by atoms with Crippen LogP contribution in [-0.4, -0.2) is 51.5 Å². The van der Waals surface area contributed by atoms with Crippen LogP contribution in [0.5, 0.6) is 0 Å². The molecule has 0 unspecified atom stereocenters. The van der Waals surface area contributed by atoms with E-state index in [9.17, 15) is 4.79 Å². The average Bonchev–Trinajstić information content (AvgIpc) is 3.09. The summed E-state index contributed by atoms with van der Waals surface area (Å²) in [7, 11) is 0. The molecule has 0 spiro atoms. The highest BCUT2D eigenvalue weighted by Crippen LogP contribution is 2.23. The second kappa shape index (κ2) is 7.39. The van der Waals surface area contributed by atoms with Crippen molar-refractivity contribution in [1.82, 2.24) is 19.9 Å². The number of fused-ring (bicyclic) bond motifs is 1. The van der Waals surface area contributed by atoms with Gasteiger partial charge in [-0.15, -0.1) is 5.10 Å². The fourth-order valence-electron chi connectivity index (χ4n) is 3.89. The molecule has 1 atom stereocenters. The summed E-state index contributed by atoms with van der Waals surface area (Å²) in [5, 5.41) is 8.34. The van der Waals surface area contributed by atoms with E-state index in [4.69, 9.17) is 0 Å². The van der Waals surface area contributed by atoms with Gasteiger partial charge in [-0.1, -0.05) is 35.5 Å². The molecule has 140 valence electrons. The van der Waals surface area contributed by atoms with Crippen molar-refractivity contribution < 1.29 is 4.79 Å². The molecule has 0 radical (unpaired) electrons. The minimum Gasteiger partial charge on any atom is -0.367 e. The summed E-state index contributed by atoms with van der Waals surface area (Å²) < 4.78 is 1.82. The fraction of sp³-hybridized carbons (Fsp3) is 0.381. The predicted octanol–water partition coefficient (Wildman–Crippen LogP) is 2.87. The molecule has 6 heteroatoms. The van der Waals surface area contributed by atoms with Gasteiger partial charge in [0.05, 0.1) is 12.1 Å². The zero-order chi connectivity index (χ0) is 18.8. The van der Waals surface area contributed by atoms with Crippen LogP contribution in [0.15, 0.2) is 48.5 Å². The van der Waals surface area contributed by atoms with Crippen LogP contribution in [0.2, 0.25) is 0 Å². The first kappa shape index (κ1) is 17.5. The molecule has 1 saturated heterocycles. The quantitative estimate of drug-likeness (QED) is 0.715. The smallest absolute Gasteiger partial charge is 0.224 e. The lowest BCUT2D eigenvalue weighted by atomic mass is 10.1. The predicted molar refractivity (Wildman–Crippen MR) is 107 cm³/mol. The fourth-order valence-corrected chi connectivity index (χ4v) is 3.89. The molecule has 27 heavy (non-hydrogen) atoms. The SMILES string of the molecule is Cc1ccccc1N1CCN(C(=O)CCn2nnc3ccccc32)[C@@H](C)C1. The van der Waals surface area contributed by atoms with Crippen LogP contribution in [0.4, 0.5) is 5.69 Å². The van der Waals surface area contributed by atoms with Crippen molar-refractivity contribution in [3.63, 3.8) is 0 Å².